The third-order valence-corrected chi connectivity index (χ3v) is 5.52. The Hall–Kier alpha value is -0.160. The van der Waals surface area contributed by atoms with Crippen molar-refractivity contribution < 1.29 is 5.11 Å². The molecule has 0 aromatic rings. The van der Waals surface area contributed by atoms with Crippen LogP contribution in [0.3, 0.4) is 0 Å². The SMILES string of the molecule is CC1CCCC(CNCC(O)CN2CCCC2)(N(C)C)C1. The molecule has 1 heterocycles. The van der Waals surface area contributed by atoms with Gasteiger partial charge in [0.1, 0.15) is 0 Å². The fourth-order valence-corrected chi connectivity index (χ4v) is 4.16. The third-order valence-electron chi connectivity index (χ3n) is 5.52. The molecular formula is C17H35N3O. The van der Waals surface area contributed by atoms with Gasteiger partial charge in [-0.25, -0.2) is 0 Å². The first-order valence-corrected chi connectivity index (χ1v) is 8.80. The smallest absolute Gasteiger partial charge is 0.0791 e. The molecule has 0 bridgehead atoms. The fourth-order valence-electron chi connectivity index (χ4n) is 4.16. The van der Waals surface area contributed by atoms with Crippen molar-refractivity contribution in [3.05, 3.63) is 0 Å². The zero-order valence-corrected chi connectivity index (χ0v) is 14.3. The Bertz CT molecular complexity index is 304. The number of rotatable bonds is 7. The van der Waals surface area contributed by atoms with E-state index in [4.69, 9.17) is 0 Å². The van der Waals surface area contributed by atoms with Crippen LogP contribution in [0.25, 0.3) is 0 Å². The zero-order valence-electron chi connectivity index (χ0n) is 14.3. The normalized spacial score (nSPS) is 32.7. The molecule has 2 rings (SSSR count). The number of likely N-dealkylation sites (tertiary alicyclic amines) is 1. The van der Waals surface area contributed by atoms with E-state index >= 15 is 0 Å². The van der Waals surface area contributed by atoms with Crippen LogP contribution in [0.5, 0.6) is 0 Å². The average molecular weight is 297 g/mol. The van der Waals surface area contributed by atoms with Crippen molar-refractivity contribution in [3.63, 3.8) is 0 Å². The number of aliphatic hydroxyl groups is 1. The van der Waals surface area contributed by atoms with Gasteiger partial charge >= 0.3 is 0 Å². The lowest BCUT2D eigenvalue weighted by Gasteiger charge is -2.45. The van der Waals surface area contributed by atoms with Crippen LogP contribution in [0.2, 0.25) is 0 Å². The van der Waals surface area contributed by atoms with E-state index in [0.717, 1.165) is 38.6 Å². The molecule has 1 saturated carbocycles. The molecule has 1 aliphatic heterocycles. The summed E-state index contributed by atoms with van der Waals surface area (Å²) in [4.78, 5) is 4.79. The van der Waals surface area contributed by atoms with Crippen molar-refractivity contribution in [1.29, 1.82) is 0 Å². The van der Waals surface area contributed by atoms with Crippen molar-refractivity contribution in [2.75, 3.05) is 46.8 Å². The van der Waals surface area contributed by atoms with Gasteiger partial charge in [-0.15, -0.1) is 0 Å². The number of nitrogens with one attached hydrogen (secondary N) is 1. The zero-order chi connectivity index (χ0) is 15.3. The maximum absolute atomic E-state index is 10.2. The molecule has 4 nitrogen and oxygen atoms in total. The Morgan fingerprint density at radius 2 is 2.00 bits per heavy atom. The molecule has 3 atom stereocenters. The van der Waals surface area contributed by atoms with Crippen LogP contribution in [0.1, 0.15) is 45.4 Å². The van der Waals surface area contributed by atoms with Crippen molar-refractivity contribution in [1.82, 2.24) is 15.1 Å². The molecule has 2 aliphatic rings. The second-order valence-electron chi connectivity index (χ2n) is 7.61. The lowest BCUT2D eigenvalue weighted by molar-refractivity contribution is 0.0668. The minimum Gasteiger partial charge on any atom is -0.390 e. The summed E-state index contributed by atoms with van der Waals surface area (Å²) in [5.74, 6) is 0.817. The Morgan fingerprint density at radius 3 is 2.62 bits per heavy atom. The number of aliphatic hydroxyl groups excluding tert-OH is 1. The summed E-state index contributed by atoms with van der Waals surface area (Å²) < 4.78 is 0. The van der Waals surface area contributed by atoms with Gasteiger partial charge in [-0.05, 0) is 58.8 Å². The first-order valence-electron chi connectivity index (χ1n) is 8.80. The molecular weight excluding hydrogens is 262 g/mol. The summed E-state index contributed by atoms with van der Waals surface area (Å²) in [5, 5.41) is 13.7. The van der Waals surface area contributed by atoms with Crippen LogP contribution < -0.4 is 5.32 Å². The number of likely N-dealkylation sites (N-methyl/N-ethyl adjacent to an activating group) is 1. The summed E-state index contributed by atoms with van der Waals surface area (Å²) in [6.07, 6.45) is 7.60. The van der Waals surface area contributed by atoms with Crippen molar-refractivity contribution in [2.24, 2.45) is 5.92 Å². The van der Waals surface area contributed by atoms with E-state index in [-0.39, 0.29) is 11.6 Å². The predicted octanol–water partition coefficient (Wildman–Crippen LogP) is 1.54. The summed E-state index contributed by atoms with van der Waals surface area (Å²) in [7, 11) is 4.42. The van der Waals surface area contributed by atoms with Gasteiger partial charge in [0.25, 0.3) is 0 Å². The summed E-state index contributed by atoms with van der Waals surface area (Å²) in [6, 6.07) is 0. The van der Waals surface area contributed by atoms with E-state index in [9.17, 15) is 5.11 Å². The van der Waals surface area contributed by atoms with Crippen LogP contribution in [0.15, 0.2) is 0 Å². The Balaban J connectivity index is 1.74. The predicted molar refractivity (Wildman–Crippen MR) is 88.6 cm³/mol. The fraction of sp³-hybridized carbons (Fsp3) is 1.00. The molecule has 3 unspecified atom stereocenters. The first-order chi connectivity index (χ1) is 10.0. The summed E-state index contributed by atoms with van der Waals surface area (Å²) in [5.41, 5.74) is 0.283. The standard InChI is InChI=1S/C17H35N3O/c1-15-7-6-8-17(11-15,19(2)3)14-18-12-16(21)13-20-9-4-5-10-20/h15-16,18,21H,4-14H2,1-3H3. The lowest BCUT2D eigenvalue weighted by atomic mass is 9.75. The Labute approximate surface area is 130 Å². The van der Waals surface area contributed by atoms with Gasteiger partial charge in [0.2, 0.25) is 0 Å². The number of nitrogens with zero attached hydrogens (tertiary/aromatic N) is 2. The van der Waals surface area contributed by atoms with E-state index in [1.54, 1.807) is 0 Å². The largest absolute Gasteiger partial charge is 0.390 e. The van der Waals surface area contributed by atoms with Crippen LogP contribution in [-0.4, -0.2) is 73.4 Å². The van der Waals surface area contributed by atoms with Crippen molar-refractivity contribution in [2.45, 2.75) is 57.1 Å². The maximum Gasteiger partial charge on any atom is 0.0791 e. The van der Waals surface area contributed by atoms with Crippen LogP contribution in [0, 0.1) is 5.92 Å². The van der Waals surface area contributed by atoms with Gasteiger partial charge in [0.05, 0.1) is 6.10 Å². The molecule has 0 aromatic carbocycles. The molecule has 0 aromatic heterocycles. The topological polar surface area (TPSA) is 38.7 Å². The molecule has 2 fully saturated rings. The Kier molecular flexibility index (Phi) is 6.48. The van der Waals surface area contributed by atoms with Gasteiger partial charge in [-0.2, -0.15) is 0 Å². The Morgan fingerprint density at radius 1 is 1.29 bits per heavy atom. The van der Waals surface area contributed by atoms with Gasteiger partial charge in [-0.1, -0.05) is 19.8 Å². The van der Waals surface area contributed by atoms with Crippen LogP contribution in [-0.2, 0) is 0 Å². The van der Waals surface area contributed by atoms with Gasteiger partial charge in [-0.3, -0.25) is 0 Å². The van der Waals surface area contributed by atoms with E-state index in [1.165, 1.54) is 38.5 Å². The highest BCUT2D eigenvalue weighted by Crippen LogP contribution is 2.35. The minimum absolute atomic E-state index is 0.233. The second kappa shape index (κ2) is 7.91. The molecule has 0 amide bonds. The molecule has 0 spiro atoms. The highest BCUT2D eigenvalue weighted by Gasteiger charge is 2.36. The number of hydrogen-bond acceptors (Lipinski definition) is 4. The molecule has 124 valence electrons. The molecule has 1 saturated heterocycles. The van der Waals surface area contributed by atoms with Gasteiger partial charge in [0.15, 0.2) is 0 Å². The van der Waals surface area contributed by atoms with E-state index in [1.807, 2.05) is 0 Å². The molecule has 4 heteroatoms. The van der Waals surface area contributed by atoms with E-state index < -0.39 is 0 Å². The monoisotopic (exact) mass is 297 g/mol. The second-order valence-corrected chi connectivity index (χ2v) is 7.61. The van der Waals surface area contributed by atoms with E-state index in [0.29, 0.717) is 0 Å². The van der Waals surface area contributed by atoms with E-state index in [2.05, 4.69) is 36.1 Å². The number of hydrogen-bond donors (Lipinski definition) is 2. The molecule has 1 aliphatic carbocycles. The quantitative estimate of drug-likeness (QED) is 0.748. The average Bonchev–Trinajstić information content (AvgIpc) is 2.91. The van der Waals surface area contributed by atoms with Crippen molar-refractivity contribution >= 4 is 0 Å². The van der Waals surface area contributed by atoms with Crippen molar-refractivity contribution in [3.8, 4) is 0 Å². The third kappa shape index (κ3) is 4.92. The number of β-amino-alcohol motifs (C(OH)–C–C–N with tert-alkyl or cyclic N) is 1. The summed E-state index contributed by atoms with van der Waals surface area (Å²) in [6.45, 7) is 7.26. The lowest BCUT2D eigenvalue weighted by Crippen LogP contribution is -2.55. The van der Waals surface area contributed by atoms with Crippen LogP contribution in [0.4, 0.5) is 0 Å². The van der Waals surface area contributed by atoms with Crippen LogP contribution >= 0.6 is 0 Å². The first kappa shape index (κ1) is 17.2. The highest BCUT2D eigenvalue weighted by atomic mass is 16.3. The molecule has 0 radical (unpaired) electrons. The molecule has 21 heavy (non-hydrogen) atoms. The maximum atomic E-state index is 10.2. The molecule has 2 N–H and O–H groups in total. The minimum atomic E-state index is -0.233. The van der Waals surface area contributed by atoms with Gasteiger partial charge in [0, 0.05) is 25.2 Å². The summed E-state index contributed by atoms with van der Waals surface area (Å²) >= 11 is 0. The highest BCUT2D eigenvalue weighted by molar-refractivity contribution is 4.94. The van der Waals surface area contributed by atoms with Gasteiger partial charge < -0.3 is 20.2 Å².